The summed E-state index contributed by atoms with van der Waals surface area (Å²) in [7, 11) is 0. The number of aromatic nitrogens is 2. The Labute approximate surface area is 186 Å². The molecule has 0 spiro atoms. The molecule has 2 aromatic rings. The summed E-state index contributed by atoms with van der Waals surface area (Å²) in [5.41, 5.74) is 0.796. The Balaban J connectivity index is 1.32. The summed E-state index contributed by atoms with van der Waals surface area (Å²) < 4.78 is 5.46. The lowest BCUT2D eigenvalue weighted by molar-refractivity contribution is -0.0450. The van der Waals surface area contributed by atoms with E-state index in [1.165, 1.54) is 0 Å². The Morgan fingerprint density at radius 2 is 1.72 bits per heavy atom. The molecule has 0 aromatic carbocycles. The summed E-state index contributed by atoms with van der Waals surface area (Å²) in [6, 6.07) is 10.4. The Kier molecular flexibility index (Phi) is 5.12. The molecule has 0 saturated heterocycles. The molecule has 2 amide bonds. The summed E-state index contributed by atoms with van der Waals surface area (Å²) >= 11 is 0. The lowest BCUT2D eigenvalue weighted by atomic mass is 9.50. The van der Waals surface area contributed by atoms with E-state index in [4.69, 9.17) is 4.74 Å². The third-order valence-corrected chi connectivity index (χ3v) is 7.07. The number of carbonyl (C=O) groups excluding carboxylic acids is 2. The minimum atomic E-state index is -0.496. The number of aliphatic hydroxyl groups excluding tert-OH is 1. The fourth-order valence-corrected chi connectivity index (χ4v) is 6.47. The molecule has 4 bridgehead atoms. The van der Waals surface area contributed by atoms with Gasteiger partial charge < -0.3 is 20.5 Å². The molecule has 4 fully saturated rings. The number of amides is 2. The zero-order chi connectivity index (χ0) is 22.3. The second-order valence-electron chi connectivity index (χ2n) is 9.78. The van der Waals surface area contributed by atoms with Crippen molar-refractivity contribution in [1.82, 2.24) is 20.6 Å². The van der Waals surface area contributed by atoms with Gasteiger partial charge >= 0.3 is 6.09 Å². The molecule has 4 aliphatic carbocycles. The highest BCUT2D eigenvalue weighted by atomic mass is 16.6. The van der Waals surface area contributed by atoms with Gasteiger partial charge in [-0.25, -0.2) is 14.8 Å². The second-order valence-corrected chi connectivity index (χ2v) is 9.78. The molecule has 2 heterocycles. The SMILES string of the molecule is Cc1cccc(OC(=O)NC23CC4CC(C2)CC(NC(=O)c2cccc(CO)n2)(C4)C3)n1. The Hall–Kier alpha value is -3.00. The molecule has 3 N–H and O–H groups in total. The van der Waals surface area contributed by atoms with Gasteiger partial charge in [0, 0.05) is 22.8 Å². The van der Waals surface area contributed by atoms with Crippen molar-refractivity contribution in [2.45, 2.75) is 63.1 Å². The molecule has 2 atom stereocenters. The van der Waals surface area contributed by atoms with Crippen LogP contribution in [0.2, 0.25) is 0 Å². The van der Waals surface area contributed by atoms with Crippen molar-refractivity contribution < 1.29 is 19.4 Å². The molecule has 0 aliphatic heterocycles. The van der Waals surface area contributed by atoms with Crippen LogP contribution in [0.1, 0.15) is 60.4 Å². The van der Waals surface area contributed by atoms with Gasteiger partial charge in [-0.2, -0.15) is 0 Å². The fourth-order valence-electron chi connectivity index (χ4n) is 6.47. The second kappa shape index (κ2) is 7.85. The van der Waals surface area contributed by atoms with E-state index in [1.807, 2.05) is 13.0 Å². The summed E-state index contributed by atoms with van der Waals surface area (Å²) in [5, 5.41) is 15.7. The van der Waals surface area contributed by atoms with Crippen molar-refractivity contribution in [2.24, 2.45) is 11.8 Å². The number of nitrogens with one attached hydrogen (secondary N) is 2. The van der Waals surface area contributed by atoms with Gasteiger partial charge in [0.2, 0.25) is 5.88 Å². The van der Waals surface area contributed by atoms with Crippen LogP contribution >= 0.6 is 0 Å². The van der Waals surface area contributed by atoms with Gasteiger partial charge in [-0.15, -0.1) is 0 Å². The lowest BCUT2D eigenvalue weighted by Crippen LogP contribution is -2.70. The van der Waals surface area contributed by atoms with Crippen LogP contribution in [-0.4, -0.2) is 38.2 Å². The molecule has 2 unspecified atom stereocenters. The predicted molar refractivity (Wildman–Crippen MR) is 116 cm³/mol. The first kappa shape index (κ1) is 20.9. The average Bonchev–Trinajstić information content (AvgIpc) is 2.72. The normalized spacial score (nSPS) is 30.1. The van der Waals surface area contributed by atoms with Gasteiger partial charge in [-0.1, -0.05) is 12.1 Å². The number of ether oxygens (including phenoxy) is 1. The smallest absolute Gasteiger partial charge is 0.391 e. The Bertz CT molecular complexity index is 1040. The molecular formula is C24H28N4O4. The van der Waals surface area contributed by atoms with E-state index in [-0.39, 0.29) is 23.9 Å². The Morgan fingerprint density at radius 3 is 2.41 bits per heavy atom. The van der Waals surface area contributed by atoms with E-state index < -0.39 is 11.6 Å². The maximum Gasteiger partial charge on any atom is 0.414 e. The molecular weight excluding hydrogens is 408 g/mol. The number of pyridine rings is 2. The molecule has 2 aromatic heterocycles. The minimum absolute atomic E-state index is 0.207. The van der Waals surface area contributed by atoms with Gasteiger partial charge in [0.15, 0.2) is 0 Å². The summed E-state index contributed by atoms with van der Waals surface area (Å²) in [5.74, 6) is 0.949. The lowest BCUT2D eigenvalue weighted by Gasteiger charge is -2.61. The van der Waals surface area contributed by atoms with Crippen molar-refractivity contribution >= 4 is 12.0 Å². The molecule has 32 heavy (non-hydrogen) atoms. The topological polar surface area (TPSA) is 113 Å². The van der Waals surface area contributed by atoms with E-state index in [9.17, 15) is 14.7 Å². The van der Waals surface area contributed by atoms with Gasteiger partial charge in [0.1, 0.15) is 5.69 Å². The number of aryl methyl sites for hydroxylation is 1. The number of hydrogen-bond donors (Lipinski definition) is 3. The van der Waals surface area contributed by atoms with Crippen LogP contribution in [0.3, 0.4) is 0 Å². The van der Waals surface area contributed by atoms with E-state index in [0.717, 1.165) is 37.8 Å². The third kappa shape index (κ3) is 4.07. The van der Waals surface area contributed by atoms with Crippen LogP contribution in [0.5, 0.6) is 5.88 Å². The summed E-state index contributed by atoms with van der Waals surface area (Å²) in [4.78, 5) is 34.2. The Morgan fingerprint density at radius 1 is 1.03 bits per heavy atom. The predicted octanol–water partition coefficient (Wildman–Crippen LogP) is 2.89. The van der Waals surface area contributed by atoms with Crippen LogP contribution in [0, 0.1) is 18.8 Å². The van der Waals surface area contributed by atoms with Crippen molar-refractivity contribution in [1.29, 1.82) is 0 Å². The maximum absolute atomic E-state index is 13.0. The molecule has 4 saturated carbocycles. The highest BCUT2D eigenvalue weighted by Crippen LogP contribution is 2.57. The highest BCUT2D eigenvalue weighted by Gasteiger charge is 2.59. The van der Waals surface area contributed by atoms with E-state index in [0.29, 0.717) is 29.6 Å². The van der Waals surface area contributed by atoms with Crippen LogP contribution < -0.4 is 15.4 Å². The molecule has 4 aliphatic rings. The van der Waals surface area contributed by atoms with Gasteiger partial charge in [-0.3, -0.25) is 4.79 Å². The van der Waals surface area contributed by atoms with E-state index in [1.54, 1.807) is 30.3 Å². The van der Waals surface area contributed by atoms with Crippen LogP contribution in [-0.2, 0) is 6.61 Å². The van der Waals surface area contributed by atoms with Gasteiger partial charge in [0.25, 0.3) is 5.91 Å². The van der Waals surface area contributed by atoms with Gasteiger partial charge in [0.05, 0.1) is 12.3 Å². The van der Waals surface area contributed by atoms with Crippen molar-refractivity contribution in [2.75, 3.05) is 0 Å². The van der Waals surface area contributed by atoms with Crippen molar-refractivity contribution in [3.8, 4) is 5.88 Å². The average molecular weight is 437 g/mol. The molecule has 6 rings (SSSR count). The standard InChI is InChI=1S/C24H28N4O4/c1-15-4-2-7-20(25-15)32-22(31)28-24-11-16-8-17(12-24)10-23(9-16,14-24)27-21(30)19-6-3-5-18(13-29)26-19/h2-7,16-17,29H,8-14H2,1H3,(H,27,30)(H,28,31). The number of hydrogen-bond acceptors (Lipinski definition) is 6. The largest absolute Gasteiger partial charge is 0.414 e. The monoisotopic (exact) mass is 436 g/mol. The molecule has 0 radical (unpaired) electrons. The van der Waals surface area contributed by atoms with Crippen LogP contribution in [0.25, 0.3) is 0 Å². The van der Waals surface area contributed by atoms with E-state index in [2.05, 4.69) is 20.6 Å². The molecule has 168 valence electrons. The quantitative estimate of drug-likeness (QED) is 0.664. The highest BCUT2D eigenvalue weighted by molar-refractivity contribution is 5.93. The zero-order valence-electron chi connectivity index (χ0n) is 18.1. The number of nitrogens with zero attached hydrogens (tertiary/aromatic N) is 2. The first-order valence-electron chi connectivity index (χ1n) is 11.2. The van der Waals surface area contributed by atoms with Crippen molar-refractivity contribution in [3.63, 3.8) is 0 Å². The van der Waals surface area contributed by atoms with Gasteiger partial charge in [-0.05, 0) is 75.5 Å². The first-order valence-corrected chi connectivity index (χ1v) is 11.2. The van der Waals surface area contributed by atoms with Crippen LogP contribution in [0.4, 0.5) is 4.79 Å². The molecule has 8 nitrogen and oxygen atoms in total. The van der Waals surface area contributed by atoms with E-state index >= 15 is 0 Å². The first-order chi connectivity index (χ1) is 15.4. The fraction of sp³-hybridized carbons (Fsp3) is 0.500. The molecule has 8 heteroatoms. The van der Waals surface area contributed by atoms with Crippen LogP contribution in [0.15, 0.2) is 36.4 Å². The summed E-state index contributed by atoms with van der Waals surface area (Å²) in [6.45, 7) is 1.64. The van der Waals surface area contributed by atoms with Crippen molar-refractivity contribution in [3.05, 3.63) is 53.5 Å². The minimum Gasteiger partial charge on any atom is -0.391 e. The summed E-state index contributed by atoms with van der Waals surface area (Å²) in [6.07, 6.45) is 4.93. The number of rotatable bonds is 5. The number of aliphatic hydroxyl groups is 1. The maximum atomic E-state index is 13.0. The zero-order valence-corrected chi connectivity index (χ0v) is 18.1. The third-order valence-electron chi connectivity index (χ3n) is 7.07. The number of carbonyl (C=O) groups is 2.